The fourth-order valence-electron chi connectivity index (χ4n) is 3.23. The fraction of sp³-hybridized carbons (Fsp3) is 0.667. The first-order valence-electron chi connectivity index (χ1n) is 8.22. The molecule has 2 atom stereocenters. The van der Waals surface area contributed by atoms with Gasteiger partial charge in [0.15, 0.2) is 0 Å². The van der Waals surface area contributed by atoms with Gasteiger partial charge in [-0.1, -0.05) is 31.2 Å². The van der Waals surface area contributed by atoms with Crippen LogP contribution in [0.15, 0.2) is 24.3 Å². The van der Waals surface area contributed by atoms with Crippen LogP contribution in [0.25, 0.3) is 0 Å². The highest BCUT2D eigenvalue weighted by Gasteiger charge is 2.21. The quantitative estimate of drug-likeness (QED) is 0.868. The van der Waals surface area contributed by atoms with Crippen molar-refractivity contribution in [2.45, 2.75) is 38.3 Å². The van der Waals surface area contributed by atoms with E-state index in [-0.39, 0.29) is 0 Å². The first kappa shape index (κ1) is 16.5. The molecule has 1 aromatic carbocycles. The maximum absolute atomic E-state index is 3.25. The molecule has 3 heteroatoms. The molecule has 2 unspecified atom stereocenters. The minimum absolute atomic E-state index is 0.581. The topological polar surface area (TPSA) is 18.5 Å². The summed E-state index contributed by atoms with van der Waals surface area (Å²) >= 11 is 0. The van der Waals surface area contributed by atoms with Gasteiger partial charge in [0.1, 0.15) is 0 Å². The van der Waals surface area contributed by atoms with Crippen LogP contribution in [0.5, 0.6) is 0 Å². The van der Waals surface area contributed by atoms with Crippen LogP contribution in [-0.2, 0) is 6.54 Å². The smallest absolute Gasteiger partial charge is 0.0234 e. The van der Waals surface area contributed by atoms with Gasteiger partial charge < -0.3 is 10.2 Å². The summed E-state index contributed by atoms with van der Waals surface area (Å²) in [6, 6.07) is 9.92. The maximum Gasteiger partial charge on any atom is 0.0234 e. The first-order valence-corrected chi connectivity index (χ1v) is 8.22. The van der Waals surface area contributed by atoms with Gasteiger partial charge in [-0.2, -0.15) is 0 Å². The molecule has 118 valence electrons. The summed E-state index contributed by atoms with van der Waals surface area (Å²) in [7, 11) is 6.42. The van der Waals surface area contributed by atoms with E-state index in [4.69, 9.17) is 0 Å². The van der Waals surface area contributed by atoms with E-state index < -0.39 is 0 Å². The van der Waals surface area contributed by atoms with Gasteiger partial charge >= 0.3 is 0 Å². The zero-order chi connectivity index (χ0) is 15.2. The molecule has 0 bridgehead atoms. The molecule has 21 heavy (non-hydrogen) atoms. The SMILES string of the molecule is CNCC(C)c1ccc(CN2CCCC(N(C)C)C2)cc1. The molecule has 2 rings (SSSR count). The lowest BCUT2D eigenvalue weighted by molar-refractivity contribution is 0.128. The molecule has 0 spiro atoms. The zero-order valence-corrected chi connectivity index (χ0v) is 14.1. The molecule has 1 N–H and O–H groups in total. The lowest BCUT2D eigenvalue weighted by Gasteiger charge is -2.36. The molecule has 0 aliphatic carbocycles. The Bertz CT molecular complexity index is 413. The van der Waals surface area contributed by atoms with Gasteiger partial charge in [-0.15, -0.1) is 0 Å². The van der Waals surface area contributed by atoms with Crippen molar-refractivity contribution in [2.24, 2.45) is 0 Å². The van der Waals surface area contributed by atoms with E-state index >= 15 is 0 Å². The molecule has 0 amide bonds. The Balaban J connectivity index is 1.91. The third-order valence-corrected chi connectivity index (χ3v) is 4.68. The molecule has 1 aromatic rings. The zero-order valence-electron chi connectivity index (χ0n) is 14.1. The average molecular weight is 289 g/mol. The van der Waals surface area contributed by atoms with Crippen molar-refractivity contribution in [3.05, 3.63) is 35.4 Å². The van der Waals surface area contributed by atoms with Crippen LogP contribution in [-0.4, -0.2) is 56.6 Å². The minimum Gasteiger partial charge on any atom is -0.319 e. The number of piperidine rings is 1. The number of rotatable bonds is 6. The Kier molecular flexibility index (Phi) is 6.22. The normalized spacial score (nSPS) is 21.7. The van der Waals surface area contributed by atoms with Gasteiger partial charge in [-0.3, -0.25) is 4.90 Å². The number of nitrogens with one attached hydrogen (secondary N) is 1. The van der Waals surface area contributed by atoms with E-state index in [9.17, 15) is 0 Å². The van der Waals surface area contributed by atoms with Crippen LogP contribution in [0.3, 0.4) is 0 Å². The van der Waals surface area contributed by atoms with Crippen LogP contribution in [0.2, 0.25) is 0 Å². The molecule has 1 heterocycles. The number of benzene rings is 1. The predicted molar refractivity (Wildman–Crippen MR) is 90.8 cm³/mol. The van der Waals surface area contributed by atoms with Crippen molar-refractivity contribution in [1.82, 2.24) is 15.1 Å². The fourth-order valence-corrected chi connectivity index (χ4v) is 3.23. The van der Waals surface area contributed by atoms with Crippen LogP contribution >= 0.6 is 0 Å². The van der Waals surface area contributed by atoms with Crippen LogP contribution in [0.4, 0.5) is 0 Å². The van der Waals surface area contributed by atoms with E-state index in [0.29, 0.717) is 12.0 Å². The molecule has 1 fully saturated rings. The summed E-state index contributed by atoms with van der Waals surface area (Å²) in [5.74, 6) is 0.581. The summed E-state index contributed by atoms with van der Waals surface area (Å²) < 4.78 is 0. The molecule has 1 saturated heterocycles. The van der Waals surface area contributed by atoms with Gasteiger partial charge in [0.2, 0.25) is 0 Å². The van der Waals surface area contributed by atoms with Crippen molar-refractivity contribution in [2.75, 3.05) is 40.8 Å². The van der Waals surface area contributed by atoms with Crippen molar-refractivity contribution >= 4 is 0 Å². The molecule has 1 aliphatic rings. The van der Waals surface area contributed by atoms with E-state index in [1.807, 2.05) is 7.05 Å². The Morgan fingerprint density at radius 1 is 1.29 bits per heavy atom. The van der Waals surface area contributed by atoms with E-state index in [1.165, 1.54) is 37.1 Å². The van der Waals surface area contributed by atoms with Crippen molar-refractivity contribution < 1.29 is 0 Å². The highest BCUT2D eigenvalue weighted by Crippen LogP contribution is 2.19. The summed E-state index contributed by atoms with van der Waals surface area (Å²) in [6.45, 7) is 6.84. The largest absolute Gasteiger partial charge is 0.319 e. The van der Waals surface area contributed by atoms with Crippen molar-refractivity contribution in [1.29, 1.82) is 0 Å². The number of likely N-dealkylation sites (tertiary alicyclic amines) is 1. The third-order valence-electron chi connectivity index (χ3n) is 4.68. The second-order valence-electron chi connectivity index (χ2n) is 6.70. The lowest BCUT2D eigenvalue weighted by Crippen LogP contribution is -2.44. The molecule has 0 saturated carbocycles. The predicted octanol–water partition coefficient (Wildman–Crippen LogP) is 2.54. The summed E-state index contributed by atoms with van der Waals surface area (Å²) in [5.41, 5.74) is 2.87. The number of hydrogen-bond acceptors (Lipinski definition) is 3. The van der Waals surface area contributed by atoms with Gasteiger partial charge in [0, 0.05) is 25.7 Å². The van der Waals surface area contributed by atoms with Crippen LogP contribution < -0.4 is 5.32 Å². The highest BCUT2D eigenvalue weighted by atomic mass is 15.2. The molecule has 0 aromatic heterocycles. The minimum atomic E-state index is 0.581. The maximum atomic E-state index is 3.25. The number of likely N-dealkylation sites (N-methyl/N-ethyl adjacent to an activating group) is 2. The second kappa shape index (κ2) is 7.92. The summed E-state index contributed by atoms with van der Waals surface area (Å²) in [4.78, 5) is 4.97. The molecule has 0 radical (unpaired) electrons. The van der Waals surface area contributed by atoms with Gasteiger partial charge in [0.05, 0.1) is 0 Å². The Hall–Kier alpha value is -0.900. The van der Waals surface area contributed by atoms with Gasteiger partial charge in [0.25, 0.3) is 0 Å². The molecular weight excluding hydrogens is 258 g/mol. The second-order valence-corrected chi connectivity index (χ2v) is 6.70. The average Bonchev–Trinajstić information content (AvgIpc) is 2.48. The van der Waals surface area contributed by atoms with E-state index in [2.05, 4.69) is 60.4 Å². The first-order chi connectivity index (χ1) is 10.1. The van der Waals surface area contributed by atoms with E-state index in [0.717, 1.165) is 13.1 Å². The van der Waals surface area contributed by atoms with Gasteiger partial charge in [-0.25, -0.2) is 0 Å². The molecular formula is C18H31N3. The lowest BCUT2D eigenvalue weighted by atomic mass is 9.99. The van der Waals surface area contributed by atoms with Crippen molar-refractivity contribution in [3.63, 3.8) is 0 Å². The highest BCUT2D eigenvalue weighted by molar-refractivity contribution is 5.25. The summed E-state index contributed by atoms with van der Waals surface area (Å²) in [5, 5.41) is 3.25. The van der Waals surface area contributed by atoms with Crippen LogP contribution in [0.1, 0.15) is 36.8 Å². The Morgan fingerprint density at radius 2 is 2.00 bits per heavy atom. The number of hydrogen-bond donors (Lipinski definition) is 1. The Morgan fingerprint density at radius 3 is 2.62 bits per heavy atom. The van der Waals surface area contributed by atoms with Gasteiger partial charge in [-0.05, 0) is 57.6 Å². The molecule has 1 aliphatic heterocycles. The molecule has 3 nitrogen and oxygen atoms in total. The standard InChI is InChI=1S/C18H31N3/c1-15(12-19-2)17-9-7-16(8-10-17)13-21-11-5-6-18(14-21)20(3)4/h7-10,15,18-19H,5-6,11-14H2,1-4H3. The Labute approximate surface area is 130 Å². The van der Waals surface area contributed by atoms with Crippen molar-refractivity contribution in [3.8, 4) is 0 Å². The third kappa shape index (κ3) is 4.80. The van der Waals surface area contributed by atoms with Crippen LogP contribution in [0, 0.1) is 0 Å². The van der Waals surface area contributed by atoms with E-state index in [1.54, 1.807) is 0 Å². The number of nitrogens with zero attached hydrogens (tertiary/aromatic N) is 2. The summed E-state index contributed by atoms with van der Waals surface area (Å²) in [6.07, 6.45) is 2.66. The monoisotopic (exact) mass is 289 g/mol.